The van der Waals surface area contributed by atoms with E-state index in [-0.39, 0.29) is 36.5 Å². The lowest BCUT2D eigenvalue weighted by Gasteiger charge is -2.36. The van der Waals surface area contributed by atoms with Crippen LogP contribution in [0.3, 0.4) is 0 Å². The van der Waals surface area contributed by atoms with E-state index in [1.54, 1.807) is 0 Å². The standard InChI is InChI=1S/C20H18F4N2O4/c1-30-17-3-2-11(4-16(17)21)5-18(28)25-14-7-12(6-13(8-14)20(22,23)24)19(29)26-9-15(27)10-26/h2-4,6-8,15,27H,5,9-10H2,1H3,(H,25,28). The fourth-order valence-corrected chi connectivity index (χ4v) is 3.00. The highest BCUT2D eigenvalue weighted by Gasteiger charge is 2.34. The zero-order chi connectivity index (χ0) is 22.1. The van der Waals surface area contributed by atoms with Gasteiger partial charge in [0, 0.05) is 24.3 Å². The number of likely N-dealkylation sites (tertiary alicyclic amines) is 1. The molecule has 0 aromatic heterocycles. The van der Waals surface area contributed by atoms with Crippen LogP contribution in [0.1, 0.15) is 21.5 Å². The number of amides is 2. The van der Waals surface area contributed by atoms with Crippen molar-refractivity contribution in [1.29, 1.82) is 0 Å². The Labute approximate surface area is 169 Å². The van der Waals surface area contributed by atoms with Gasteiger partial charge in [0.25, 0.3) is 5.91 Å². The van der Waals surface area contributed by atoms with E-state index in [2.05, 4.69) is 5.32 Å². The molecule has 6 nitrogen and oxygen atoms in total. The highest BCUT2D eigenvalue weighted by Crippen LogP contribution is 2.32. The molecule has 0 spiro atoms. The number of alkyl halides is 3. The number of aliphatic hydroxyl groups excluding tert-OH is 1. The number of methoxy groups -OCH3 is 1. The van der Waals surface area contributed by atoms with E-state index in [0.717, 1.165) is 12.1 Å². The van der Waals surface area contributed by atoms with Gasteiger partial charge in [0.1, 0.15) is 0 Å². The molecule has 1 fully saturated rings. The number of rotatable bonds is 5. The SMILES string of the molecule is COc1ccc(CC(=O)Nc2cc(C(=O)N3CC(O)C3)cc(C(F)(F)F)c2)cc1F. The lowest BCUT2D eigenvalue weighted by atomic mass is 10.0. The molecule has 2 N–H and O–H groups in total. The first kappa shape index (κ1) is 21.6. The topological polar surface area (TPSA) is 78.9 Å². The third kappa shape index (κ3) is 4.88. The first-order chi connectivity index (χ1) is 14.1. The molecule has 30 heavy (non-hydrogen) atoms. The van der Waals surface area contributed by atoms with Gasteiger partial charge in [0.2, 0.25) is 5.91 Å². The Morgan fingerprint density at radius 2 is 1.90 bits per heavy atom. The number of aliphatic hydroxyl groups is 1. The summed E-state index contributed by atoms with van der Waals surface area (Å²) in [5.41, 5.74) is -1.28. The Hall–Kier alpha value is -3.14. The van der Waals surface area contributed by atoms with Crippen LogP contribution in [0.5, 0.6) is 5.75 Å². The van der Waals surface area contributed by atoms with Crippen LogP contribution >= 0.6 is 0 Å². The molecule has 0 saturated carbocycles. The molecule has 0 bridgehead atoms. The summed E-state index contributed by atoms with van der Waals surface area (Å²) in [6.07, 6.45) is -5.73. The van der Waals surface area contributed by atoms with Crippen LogP contribution in [0.4, 0.5) is 23.2 Å². The van der Waals surface area contributed by atoms with E-state index in [4.69, 9.17) is 4.74 Å². The smallest absolute Gasteiger partial charge is 0.416 e. The van der Waals surface area contributed by atoms with Crippen LogP contribution in [-0.2, 0) is 17.4 Å². The van der Waals surface area contributed by atoms with Gasteiger partial charge in [-0.15, -0.1) is 0 Å². The summed E-state index contributed by atoms with van der Waals surface area (Å²) in [5.74, 6) is -2.04. The molecule has 10 heteroatoms. The number of nitrogens with one attached hydrogen (secondary N) is 1. The van der Waals surface area contributed by atoms with Gasteiger partial charge in [-0.05, 0) is 35.9 Å². The minimum atomic E-state index is -4.73. The quantitative estimate of drug-likeness (QED) is 0.721. The molecule has 0 unspecified atom stereocenters. The molecule has 160 valence electrons. The number of carbonyl (C=O) groups is 2. The van der Waals surface area contributed by atoms with E-state index >= 15 is 0 Å². The second kappa shape index (κ2) is 8.31. The van der Waals surface area contributed by atoms with Crippen molar-refractivity contribution in [3.63, 3.8) is 0 Å². The molecule has 1 aliphatic heterocycles. The Balaban J connectivity index is 1.80. The summed E-state index contributed by atoms with van der Waals surface area (Å²) in [7, 11) is 1.29. The molecule has 0 atom stereocenters. The van der Waals surface area contributed by atoms with Crippen molar-refractivity contribution < 1.29 is 37.0 Å². The monoisotopic (exact) mass is 426 g/mol. The molecule has 0 radical (unpaired) electrons. The highest BCUT2D eigenvalue weighted by atomic mass is 19.4. The third-order valence-corrected chi connectivity index (χ3v) is 4.52. The van der Waals surface area contributed by atoms with Crippen LogP contribution < -0.4 is 10.1 Å². The summed E-state index contributed by atoms with van der Waals surface area (Å²) < 4.78 is 58.3. The summed E-state index contributed by atoms with van der Waals surface area (Å²) in [4.78, 5) is 25.8. The highest BCUT2D eigenvalue weighted by molar-refractivity contribution is 5.98. The van der Waals surface area contributed by atoms with E-state index in [9.17, 15) is 32.3 Å². The lowest BCUT2D eigenvalue weighted by Crippen LogP contribution is -2.53. The van der Waals surface area contributed by atoms with Crippen molar-refractivity contribution in [2.75, 3.05) is 25.5 Å². The fourth-order valence-electron chi connectivity index (χ4n) is 3.00. The number of hydrogen-bond acceptors (Lipinski definition) is 4. The number of nitrogens with zero attached hydrogens (tertiary/aromatic N) is 1. The third-order valence-electron chi connectivity index (χ3n) is 4.52. The van der Waals surface area contributed by atoms with Gasteiger partial charge in [-0.3, -0.25) is 9.59 Å². The summed E-state index contributed by atoms with van der Waals surface area (Å²) in [6.45, 7) is 0.0552. The maximum absolute atomic E-state index is 13.8. The zero-order valence-corrected chi connectivity index (χ0v) is 15.8. The lowest BCUT2D eigenvalue weighted by molar-refractivity contribution is -0.137. The number of halogens is 4. The molecule has 1 aliphatic rings. The maximum atomic E-state index is 13.8. The first-order valence-corrected chi connectivity index (χ1v) is 8.88. The summed E-state index contributed by atoms with van der Waals surface area (Å²) in [6, 6.07) is 6.43. The molecule has 3 rings (SSSR count). The van der Waals surface area contributed by atoms with Gasteiger partial charge in [-0.25, -0.2) is 4.39 Å². The predicted octanol–water partition coefficient (Wildman–Crippen LogP) is 2.85. The number of anilines is 1. The number of benzene rings is 2. The number of ether oxygens (including phenoxy) is 1. The molecule has 2 amide bonds. The normalized spacial score (nSPS) is 14.3. The van der Waals surface area contributed by atoms with E-state index in [1.165, 1.54) is 24.1 Å². The average Bonchev–Trinajstić information content (AvgIpc) is 2.64. The van der Waals surface area contributed by atoms with Crippen LogP contribution in [0.25, 0.3) is 0 Å². The van der Waals surface area contributed by atoms with Gasteiger partial charge in [0.15, 0.2) is 11.6 Å². The molecule has 1 heterocycles. The maximum Gasteiger partial charge on any atom is 0.416 e. The summed E-state index contributed by atoms with van der Waals surface area (Å²) in [5, 5.41) is 11.6. The Bertz CT molecular complexity index is 972. The van der Waals surface area contributed by atoms with Crippen molar-refractivity contribution in [2.45, 2.75) is 18.7 Å². The van der Waals surface area contributed by atoms with Crippen molar-refractivity contribution >= 4 is 17.5 Å². The molecule has 1 saturated heterocycles. The van der Waals surface area contributed by atoms with Gasteiger partial charge in [-0.1, -0.05) is 6.07 Å². The van der Waals surface area contributed by atoms with Crippen molar-refractivity contribution in [2.24, 2.45) is 0 Å². The first-order valence-electron chi connectivity index (χ1n) is 8.88. The Morgan fingerprint density at radius 1 is 1.20 bits per heavy atom. The van der Waals surface area contributed by atoms with E-state index in [1.807, 2.05) is 0 Å². The molecule has 2 aromatic carbocycles. The van der Waals surface area contributed by atoms with Gasteiger partial charge < -0.3 is 20.1 Å². The minimum absolute atomic E-state index is 0.00342. The molecular formula is C20H18F4N2O4. The minimum Gasteiger partial charge on any atom is -0.494 e. The van der Waals surface area contributed by atoms with E-state index < -0.39 is 35.5 Å². The van der Waals surface area contributed by atoms with Gasteiger partial charge in [-0.2, -0.15) is 13.2 Å². The van der Waals surface area contributed by atoms with Crippen LogP contribution in [0, 0.1) is 5.82 Å². The second-order valence-corrected chi connectivity index (χ2v) is 6.85. The Morgan fingerprint density at radius 3 is 2.47 bits per heavy atom. The van der Waals surface area contributed by atoms with E-state index in [0.29, 0.717) is 17.7 Å². The molecule has 2 aromatic rings. The van der Waals surface area contributed by atoms with Gasteiger partial charge >= 0.3 is 6.18 Å². The van der Waals surface area contributed by atoms with Crippen molar-refractivity contribution in [1.82, 2.24) is 4.90 Å². The number of β-amino-alcohol motifs (C(OH)–C–C–N with tert-alkyl or cyclic N) is 1. The zero-order valence-electron chi connectivity index (χ0n) is 15.8. The average molecular weight is 426 g/mol. The van der Waals surface area contributed by atoms with Crippen LogP contribution in [0.15, 0.2) is 36.4 Å². The number of hydrogen-bond donors (Lipinski definition) is 2. The van der Waals surface area contributed by atoms with Gasteiger partial charge in [0.05, 0.1) is 25.2 Å². The van der Waals surface area contributed by atoms with Crippen LogP contribution in [-0.4, -0.2) is 48.1 Å². The molecule has 0 aliphatic carbocycles. The van der Waals surface area contributed by atoms with Crippen molar-refractivity contribution in [3.05, 3.63) is 58.9 Å². The second-order valence-electron chi connectivity index (χ2n) is 6.85. The largest absolute Gasteiger partial charge is 0.494 e. The fraction of sp³-hybridized carbons (Fsp3) is 0.300. The summed E-state index contributed by atoms with van der Waals surface area (Å²) >= 11 is 0. The molecular weight excluding hydrogens is 408 g/mol. The van der Waals surface area contributed by atoms with Crippen LogP contribution in [0.2, 0.25) is 0 Å². The number of carbonyl (C=O) groups excluding carboxylic acids is 2. The van der Waals surface area contributed by atoms with Crippen molar-refractivity contribution in [3.8, 4) is 5.75 Å². The predicted molar refractivity (Wildman–Crippen MR) is 98.6 cm³/mol. The Kier molecular flexibility index (Phi) is 5.97.